The summed E-state index contributed by atoms with van der Waals surface area (Å²) in [6, 6.07) is 25.9. The van der Waals surface area contributed by atoms with Gasteiger partial charge in [-0.3, -0.25) is 24.2 Å². The Balaban J connectivity index is 1.14. The molecule has 2 aliphatic rings. The van der Waals surface area contributed by atoms with Crippen molar-refractivity contribution in [3.8, 4) is 5.75 Å². The highest BCUT2D eigenvalue weighted by molar-refractivity contribution is 6.01. The fourth-order valence-corrected chi connectivity index (χ4v) is 5.44. The van der Waals surface area contributed by atoms with Crippen LogP contribution in [0.3, 0.4) is 0 Å². The Morgan fingerprint density at radius 3 is 2.20 bits per heavy atom. The van der Waals surface area contributed by atoms with Crippen LogP contribution in [0.4, 0.5) is 5.69 Å². The molecule has 2 amide bonds. The van der Waals surface area contributed by atoms with E-state index in [4.69, 9.17) is 9.15 Å². The number of ether oxygens (including phenoxy) is 1. The highest BCUT2D eigenvalue weighted by Gasteiger charge is 2.31. The van der Waals surface area contributed by atoms with Gasteiger partial charge in [-0.2, -0.15) is 0 Å². The molecule has 1 fully saturated rings. The van der Waals surface area contributed by atoms with E-state index in [1.165, 1.54) is 29.2 Å². The van der Waals surface area contributed by atoms with Gasteiger partial charge in [0.1, 0.15) is 18.6 Å². The summed E-state index contributed by atoms with van der Waals surface area (Å²) in [5, 5.41) is 0. The van der Waals surface area contributed by atoms with Gasteiger partial charge < -0.3 is 14.1 Å². The van der Waals surface area contributed by atoms with Gasteiger partial charge >= 0.3 is 0 Å². The predicted molar refractivity (Wildman–Crippen MR) is 152 cm³/mol. The molecule has 9 heteroatoms. The summed E-state index contributed by atoms with van der Waals surface area (Å²) in [7, 11) is 0. The maximum Gasteiger partial charge on any atom is 0.275 e. The SMILES string of the molecule is CC(=O)c1ccc2c(c1)N(Cc1nc(C(=O)N3CCN(C(c4ccccc4)c4ccccc4)CC3)co1)C(=O)CO2. The van der Waals surface area contributed by atoms with Crippen LogP contribution in [0.25, 0.3) is 0 Å². The Kier molecular flexibility index (Phi) is 7.35. The monoisotopic (exact) mass is 550 g/mol. The molecule has 9 nitrogen and oxygen atoms in total. The molecule has 0 bridgehead atoms. The quantitative estimate of drug-likeness (QED) is 0.316. The maximum absolute atomic E-state index is 13.4. The second-order valence-corrected chi connectivity index (χ2v) is 10.2. The molecule has 0 spiro atoms. The van der Waals surface area contributed by atoms with Gasteiger partial charge in [0.05, 0.1) is 11.7 Å². The number of fused-ring (bicyclic) bond motifs is 1. The molecule has 0 aliphatic carbocycles. The molecule has 1 aromatic heterocycles. The lowest BCUT2D eigenvalue weighted by molar-refractivity contribution is -0.121. The molecule has 2 aliphatic heterocycles. The molecule has 0 unspecified atom stereocenters. The van der Waals surface area contributed by atoms with Crippen LogP contribution in [0.15, 0.2) is 89.5 Å². The van der Waals surface area contributed by atoms with Gasteiger partial charge in [-0.15, -0.1) is 0 Å². The van der Waals surface area contributed by atoms with E-state index in [0.29, 0.717) is 43.2 Å². The molecule has 208 valence electrons. The Bertz CT molecular complexity index is 1520. The number of anilines is 1. The maximum atomic E-state index is 13.4. The zero-order valence-electron chi connectivity index (χ0n) is 22.7. The third-order valence-electron chi connectivity index (χ3n) is 7.57. The number of aromatic nitrogens is 1. The predicted octanol–water partition coefficient (Wildman–Crippen LogP) is 4.35. The van der Waals surface area contributed by atoms with Crippen LogP contribution in [-0.4, -0.2) is 65.2 Å². The minimum atomic E-state index is -0.285. The number of carbonyl (C=O) groups excluding carboxylic acids is 3. The van der Waals surface area contributed by atoms with E-state index in [1.807, 2.05) is 12.1 Å². The summed E-state index contributed by atoms with van der Waals surface area (Å²) >= 11 is 0. The third kappa shape index (κ3) is 5.49. The van der Waals surface area contributed by atoms with Crippen molar-refractivity contribution >= 4 is 23.3 Å². The number of Topliss-reactive ketones (excluding diaryl/α,β-unsaturated/α-hetero) is 1. The van der Waals surface area contributed by atoms with E-state index in [1.54, 1.807) is 23.1 Å². The zero-order valence-corrected chi connectivity index (χ0v) is 22.7. The van der Waals surface area contributed by atoms with Crippen molar-refractivity contribution in [3.05, 3.63) is 113 Å². The van der Waals surface area contributed by atoms with Crippen LogP contribution < -0.4 is 9.64 Å². The van der Waals surface area contributed by atoms with Gasteiger partial charge in [0.15, 0.2) is 18.1 Å². The van der Waals surface area contributed by atoms with E-state index in [-0.39, 0.29) is 48.4 Å². The standard InChI is InChI=1S/C32H30N4O5/c1-22(37)25-12-13-28-27(18-25)36(30(38)21-40-28)19-29-33-26(20-41-29)32(39)35-16-14-34(15-17-35)31(23-8-4-2-5-9-23)24-10-6-3-7-11-24/h2-13,18,20,31H,14-17,19,21H2,1H3. The minimum Gasteiger partial charge on any atom is -0.482 e. The average molecular weight is 551 g/mol. The van der Waals surface area contributed by atoms with Crippen LogP contribution in [0.5, 0.6) is 5.75 Å². The average Bonchev–Trinajstić information content (AvgIpc) is 3.48. The summed E-state index contributed by atoms with van der Waals surface area (Å²) in [6.07, 6.45) is 1.35. The number of benzene rings is 3. The Morgan fingerprint density at radius 2 is 1.56 bits per heavy atom. The first-order chi connectivity index (χ1) is 20.0. The van der Waals surface area contributed by atoms with Gasteiger partial charge in [0.25, 0.3) is 11.8 Å². The van der Waals surface area contributed by atoms with Gasteiger partial charge in [-0.1, -0.05) is 60.7 Å². The topological polar surface area (TPSA) is 96.2 Å². The number of rotatable bonds is 7. The Hall–Kier alpha value is -4.76. The summed E-state index contributed by atoms with van der Waals surface area (Å²) in [6.45, 7) is 3.89. The number of hydrogen-bond acceptors (Lipinski definition) is 7. The lowest BCUT2D eigenvalue weighted by atomic mass is 9.96. The number of carbonyl (C=O) groups is 3. The number of piperazine rings is 1. The van der Waals surface area contributed by atoms with Gasteiger partial charge in [-0.05, 0) is 36.2 Å². The van der Waals surface area contributed by atoms with Crippen LogP contribution in [0, 0.1) is 0 Å². The molecular weight excluding hydrogens is 520 g/mol. The molecule has 0 N–H and O–H groups in total. The fraction of sp³-hybridized carbons (Fsp3) is 0.250. The summed E-state index contributed by atoms with van der Waals surface area (Å²) in [4.78, 5) is 48.0. The molecule has 3 aromatic carbocycles. The van der Waals surface area contributed by atoms with Crippen molar-refractivity contribution in [2.24, 2.45) is 0 Å². The van der Waals surface area contributed by atoms with Crippen molar-refractivity contribution in [2.45, 2.75) is 19.5 Å². The smallest absolute Gasteiger partial charge is 0.275 e. The number of hydrogen-bond donors (Lipinski definition) is 0. The second-order valence-electron chi connectivity index (χ2n) is 10.2. The van der Waals surface area contributed by atoms with Crippen LogP contribution in [0.1, 0.15) is 50.8 Å². The molecular formula is C32H30N4O5. The number of nitrogens with zero attached hydrogens (tertiary/aromatic N) is 4. The first-order valence-corrected chi connectivity index (χ1v) is 13.6. The Labute approximate surface area is 237 Å². The highest BCUT2D eigenvalue weighted by Crippen LogP contribution is 2.34. The molecule has 0 radical (unpaired) electrons. The van der Waals surface area contributed by atoms with Crippen molar-refractivity contribution in [1.82, 2.24) is 14.8 Å². The number of oxazole rings is 1. The van der Waals surface area contributed by atoms with Gasteiger partial charge in [0.2, 0.25) is 5.89 Å². The third-order valence-corrected chi connectivity index (χ3v) is 7.57. The van der Waals surface area contributed by atoms with Crippen LogP contribution >= 0.6 is 0 Å². The summed E-state index contributed by atoms with van der Waals surface area (Å²) < 4.78 is 11.1. The van der Waals surface area contributed by atoms with Crippen LogP contribution in [-0.2, 0) is 11.3 Å². The summed E-state index contributed by atoms with van der Waals surface area (Å²) in [5.41, 5.74) is 3.58. The molecule has 0 saturated carbocycles. The molecule has 41 heavy (non-hydrogen) atoms. The number of ketones is 1. The minimum absolute atomic E-state index is 0.0213. The van der Waals surface area contributed by atoms with Crippen molar-refractivity contribution < 1.29 is 23.5 Å². The van der Waals surface area contributed by atoms with Gasteiger partial charge in [-0.25, -0.2) is 4.98 Å². The normalized spacial score (nSPS) is 15.5. The van der Waals surface area contributed by atoms with Crippen LogP contribution in [0.2, 0.25) is 0 Å². The molecule has 1 saturated heterocycles. The summed E-state index contributed by atoms with van der Waals surface area (Å²) in [5.74, 6) is 0.123. The second kappa shape index (κ2) is 11.4. The highest BCUT2D eigenvalue weighted by atomic mass is 16.5. The van der Waals surface area contributed by atoms with E-state index in [0.717, 1.165) is 0 Å². The van der Waals surface area contributed by atoms with Crippen molar-refractivity contribution in [3.63, 3.8) is 0 Å². The first-order valence-electron chi connectivity index (χ1n) is 13.6. The fourth-order valence-electron chi connectivity index (χ4n) is 5.44. The zero-order chi connectivity index (χ0) is 28.3. The van der Waals surface area contributed by atoms with Gasteiger partial charge in [0, 0.05) is 31.7 Å². The Morgan fingerprint density at radius 1 is 0.902 bits per heavy atom. The molecule has 4 aromatic rings. The molecule has 3 heterocycles. The van der Waals surface area contributed by atoms with E-state index < -0.39 is 0 Å². The molecule has 0 atom stereocenters. The molecule has 6 rings (SSSR count). The van der Waals surface area contributed by atoms with Crippen molar-refractivity contribution in [1.29, 1.82) is 0 Å². The van der Waals surface area contributed by atoms with E-state index in [2.05, 4.69) is 58.4 Å². The lowest BCUT2D eigenvalue weighted by Crippen LogP contribution is -2.50. The van der Waals surface area contributed by atoms with Crippen molar-refractivity contribution in [2.75, 3.05) is 37.7 Å². The first kappa shape index (κ1) is 26.5. The lowest BCUT2D eigenvalue weighted by Gasteiger charge is -2.39. The largest absolute Gasteiger partial charge is 0.482 e. The van der Waals surface area contributed by atoms with E-state index >= 15 is 0 Å². The van der Waals surface area contributed by atoms with E-state index in [9.17, 15) is 14.4 Å². The number of amides is 2.